The number of aliphatic imine (C=N–C) groups is 1. The Morgan fingerprint density at radius 1 is 1.25 bits per heavy atom. The number of ether oxygens (including phenoxy) is 1. The molecule has 138 valence electrons. The maximum atomic E-state index is 5.63. The molecule has 0 saturated carbocycles. The van der Waals surface area contributed by atoms with Crippen LogP contribution in [0.15, 0.2) is 4.99 Å². The largest absolute Gasteiger partial charge is 0.381 e. The molecule has 0 radical (unpaired) electrons. The van der Waals surface area contributed by atoms with E-state index < -0.39 is 0 Å². The second-order valence-corrected chi connectivity index (χ2v) is 8.51. The van der Waals surface area contributed by atoms with E-state index >= 15 is 0 Å². The van der Waals surface area contributed by atoms with Crippen LogP contribution in [-0.4, -0.2) is 75.3 Å². The highest BCUT2D eigenvalue weighted by Crippen LogP contribution is 2.38. The van der Waals surface area contributed by atoms with Gasteiger partial charge in [-0.15, -0.1) is 0 Å². The summed E-state index contributed by atoms with van der Waals surface area (Å²) in [5, 5.41) is 3.59. The summed E-state index contributed by atoms with van der Waals surface area (Å²) >= 11 is 0. The zero-order valence-corrected chi connectivity index (χ0v) is 15.9. The van der Waals surface area contributed by atoms with Gasteiger partial charge in [-0.1, -0.05) is 13.8 Å². The van der Waals surface area contributed by atoms with Crippen molar-refractivity contribution in [2.75, 3.05) is 59.5 Å². The van der Waals surface area contributed by atoms with Crippen LogP contribution in [0.1, 0.15) is 39.5 Å². The number of nitrogens with one attached hydrogen (secondary N) is 1. The summed E-state index contributed by atoms with van der Waals surface area (Å²) in [5.41, 5.74) is 0.400. The van der Waals surface area contributed by atoms with Gasteiger partial charge in [0.05, 0.1) is 6.61 Å². The van der Waals surface area contributed by atoms with Crippen molar-refractivity contribution in [2.24, 2.45) is 22.2 Å². The normalized spacial score (nSPS) is 35.1. The molecule has 3 atom stereocenters. The first-order chi connectivity index (χ1) is 11.6. The van der Waals surface area contributed by atoms with Crippen molar-refractivity contribution in [1.29, 1.82) is 0 Å². The summed E-state index contributed by atoms with van der Waals surface area (Å²) in [6, 6.07) is 0. The smallest absolute Gasteiger partial charge is 0.193 e. The number of guanidine groups is 1. The molecule has 0 aromatic rings. The van der Waals surface area contributed by atoms with Gasteiger partial charge in [-0.2, -0.15) is 0 Å². The van der Waals surface area contributed by atoms with Gasteiger partial charge in [0.1, 0.15) is 0 Å². The van der Waals surface area contributed by atoms with Crippen LogP contribution in [0.2, 0.25) is 0 Å². The van der Waals surface area contributed by atoms with Crippen molar-refractivity contribution in [2.45, 2.75) is 39.5 Å². The lowest BCUT2D eigenvalue weighted by Crippen LogP contribution is -2.43. The molecule has 0 aromatic carbocycles. The zero-order chi connectivity index (χ0) is 17.0. The van der Waals surface area contributed by atoms with E-state index in [1.165, 1.54) is 45.3 Å². The van der Waals surface area contributed by atoms with Gasteiger partial charge in [0, 0.05) is 51.8 Å². The van der Waals surface area contributed by atoms with E-state index in [0.29, 0.717) is 5.41 Å². The van der Waals surface area contributed by atoms with Crippen LogP contribution in [0, 0.1) is 17.3 Å². The summed E-state index contributed by atoms with van der Waals surface area (Å²) in [6.07, 6.45) is 5.05. The van der Waals surface area contributed by atoms with Crippen molar-refractivity contribution in [1.82, 2.24) is 15.1 Å². The Morgan fingerprint density at radius 2 is 2.04 bits per heavy atom. The van der Waals surface area contributed by atoms with Crippen molar-refractivity contribution >= 4 is 5.96 Å². The fourth-order valence-electron chi connectivity index (χ4n) is 4.90. The molecule has 3 aliphatic rings. The summed E-state index contributed by atoms with van der Waals surface area (Å²) in [6.45, 7) is 13.6. The van der Waals surface area contributed by atoms with E-state index in [1.807, 2.05) is 7.05 Å². The van der Waals surface area contributed by atoms with Gasteiger partial charge in [-0.25, -0.2) is 0 Å². The van der Waals surface area contributed by atoms with E-state index in [1.54, 1.807) is 0 Å². The van der Waals surface area contributed by atoms with Crippen LogP contribution in [0.4, 0.5) is 0 Å². The Kier molecular flexibility index (Phi) is 6.03. The highest BCUT2D eigenvalue weighted by Gasteiger charge is 2.42. The molecule has 3 unspecified atom stereocenters. The van der Waals surface area contributed by atoms with Crippen molar-refractivity contribution in [3.8, 4) is 0 Å². The minimum Gasteiger partial charge on any atom is -0.381 e. The third-order valence-electron chi connectivity index (χ3n) is 6.01. The van der Waals surface area contributed by atoms with Gasteiger partial charge in [0.25, 0.3) is 0 Å². The molecule has 3 heterocycles. The first-order valence-corrected chi connectivity index (χ1v) is 9.86. The van der Waals surface area contributed by atoms with E-state index in [0.717, 1.165) is 50.6 Å². The van der Waals surface area contributed by atoms with Crippen LogP contribution >= 0.6 is 0 Å². The van der Waals surface area contributed by atoms with E-state index in [2.05, 4.69) is 34.0 Å². The van der Waals surface area contributed by atoms with Crippen molar-refractivity contribution in [3.05, 3.63) is 0 Å². The van der Waals surface area contributed by atoms with Gasteiger partial charge >= 0.3 is 0 Å². The number of nitrogens with zero attached hydrogens (tertiary/aromatic N) is 3. The molecular formula is C19H36N4O. The predicted octanol–water partition coefficient (Wildman–Crippen LogP) is 2.04. The summed E-state index contributed by atoms with van der Waals surface area (Å²) < 4.78 is 5.63. The molecular weight excluding hydrogens is 300 g/mol. The minimum absolute atomic E-state index is 0.400. The molecule has 3 rings (SSSR count). The number of piperidine rings is 1. The second kappa shape index (κ2) is 8.05. The molecule has 3 aliphatic heterocycles. The minimum atomic E-state index is 0.400. The number of hydrogen-bond acceptors (Lipinski definition) is 3. The lowest BCUT2D eigenvalue weighted by atomic mass is 9.87. The third kappa shape index (κ3) is 4.42. The molecule has 3 fully saturated rings. The van der Waals surface area contributed by atoms with Gasteiger partial charge in [0.2, 0.25) is 0 Å². The van der Waals surface area contributed by atoms with E-state index in [-0.39, 0.29) is 0 Å². The predicted molar refractivity (Wildman–Crippen MR) is 99.4 cm³/mol. The monoisotopic (exact) mass is 336 g/mol. The Morgan fingerprint density at radius 3 is 2.71 bits per heavy atom. The first-order valence-electron chi connectivity index (χ1n) is 9.86. The molecule has 24 heavy (non-hydrogen) atoms. The Bertz CT molecular complexity index is 423. The standard InChI is InChI=1S/C19H36N4O/c1-16-11-17(2)13-22(12-16)8-4-7-21-18(20-3)23-9-5-19(14-23)6-10-24-15-19/h16-17H,4-15H2,1-3H3,(H,20,21). The zero-order valence-electron chi connectivity index (χ0n) is 15.9. The summed E-state index contributed by atoms with van der Waals surface area (Å²) in [5.74, 6) is 2.78. The van der Waals surface area contributed by atoms with Crippen LogP contribution < -0.4 is 5.32 Å². The molecule has 0 amide bonds. The molecule has 5 nitrogen and oxygen atoms in total. The highest BCUT2D eigenvalue weighted by molar-refractivity contribution is 5.80. The van der Waals surface area contributed by atoms with Crippen molar-refractivity contribution in [3.63, 3.8) is 0 Å². The van der Waals surface area contributed by atoms with Crippen LogP contribution in [-0.2, 0) is 4.74 Å². The van der Waals surface area contributed by atoms with E-state index in [4.69, 9.17) is 4.74 Å². The van der Waals surface area contributed by atoms with E-state index in [9.17, 15) is 0 Å². The summed E-state index contributed by atoms with van der Waals surface area (Å²) in [4.78, 5) is 9.58. The van der Waals surface area contributed by atoms with Crippen LogP contribution in [0.5, 0.6) is 0 Å². The summed E-state index contributed by atoms with van der Waals surface area (Å²) in [7, 11) is 1.91. The fraction of sp³-hybridized carbons (Fsp3) is 0.947. The lowest BCUT2D eigenvalue weighted by Gasteiger charge is -2.35. The molecule has 1 spiro atoms. The lowest BCUT2D eigenvalue weighted by molar-refractivity contribution is 0.140. The number of likely N-dealkylation sites (tertiary alicyclic amines) is 2. The Balaban J connectivity index is 1.37. The van der Waals surface area contributed by atoms with Gasteiger partial charge < -0.3 is 19.9 Å². The van der Waals surface area contributed by atoms with Gasteiger partial charge in [-0.3, -0.25) is 4.99 Å². The van der Waals surface area contributed by atoms with Gasteiger partial charge in [0.15, 0.2) is 5.96 Å². The second-order valence-electron chi connectivity index (χ2n) is 8.51. The average molecular weight is 337 g/mol. The van der Waals surface area contributed by atoms with Crippen LogP contribution in [0.25, 0.3) is 0 Å². The molecule has 0 bridgehead atoms. The number of hydrogen-bond donors (Lipinski definition) is 1. The first kappa shape index (κ1) is 18.0. The quantitative estimate of drug-likeness (QED) is 0.484. The maximum absolute atomic E-state index is 5.63. The number of rotatable bonds is 4. The topological polar surface area (TPSA) is 40.1 Å². The molecule has 5 heteroatoms. The third-order valence-corrected chi connectivity index (χ3v) is 6.01. The molecule has 3 saturated heterocycles. The Labute approximate surface area is 147 Å². The van der Waals surface area contributed by atoms with Gasteiger partial charge in [-0.05, 0) is 44.1 Å². The van der Waals surface area contributed by atoms with Crippen molar-refractivity contribution < 1.29 is 4.74 Å². The molecule has 1 N–H and O–H groups in total. The fourth-order valence-corrected chi connectivity index (χ4v) is 4.90. The van der Waals surface area contributed by atoms with Crippen LogP contribution in [0.3, 0.4) is 0 Å². The highest BCUT2D eigenvalue weighted by atomic mass is 16.5. The molecule has 0 aromatic heterocycles. The average Bonchev–Trinajstić information content (AvgIpc) is 3.17. The maximum Gasteiger partial charge on any atom is 0.193 e. The SMILES string of the molecule is CN=C(NCCCN1CC(C)CC(C)C1)N1CCC2(CCOC2)C1. The molecule has 0 aliphatic carbocycles. The Hall–Kier alpha value is -0.810.